The first-order chi connectivity index (χ1) is 13.6. The number of nitro groups is 1. The zero-order valence-electron chi connectivity index (χ0n) is 15.3. The minimum Gasteiger partial charge on any atom is -0.352 e. The topological polar surface area (TPSA) is 114 Å². The largest absolute Gasteiger partial charge is 0.352 e. The van der Waals surface area contributed by atoms with E-state index >= 15 is 0 Å². The molecule has 0 heterocycles. The summed E-state index contributed by atoms with van der Waals surface area (Å²) >= 11 is 0. The zero-order valence-corrected chi connectivity index (χ0v) is 15.3. The van der Waals surface area contributed by atoms with Gasteiger partial charge >= 0.3 is 0 Å². The molecule has 0 fully saturated rings. The van der Waals surface area contributed by atoms with Crippen LogP contribution < -0.4 is 10.7 Å². The molecule has 0 radical (unpaired) electrons. The van der Waals surface area contributed by atoms with Crippen molar-refractivity contribution in [3.8, 4) is 0 Å². The standard InChI is InChI=1S/C20H22N4O4/c25-19(23-22-15-16-8-7-11-18(14-16)24(27)28)12-5-2-6-13-21-20(26)17-9-3-1-4-10-17/h1,3-4,7-11,14-15H,2,5-6,12-13H2,(H,21,26)(H,23,25). The number of nitrogens with zero attached hydrogens (tertiary/aromatic N) is 2. The normalized spacial score (nSPS) is 10.6. The smallest absolute Gasteiger partial charge is 0.270 e. The van der Waals surface area contributed by atoms with Crippen molar-refractivity contribution in [1.29, 1.82) is 0 Å². The van der Waals surface area contributed by atoms with Crippen LogP contribution in [0.1, 0.15) is 41.6 Å². The van der Waals surface area contributed by atoms with Gasteiger partial charge in [-0.3, -0.25) is 19.7 Å². The van der Waals surface area contributed by atoms with Gasteiger partial charge in [0, 0.05) is 36.2 Å². The monoisotopic (exact) mass is 382 g/mol. The average Bonchev–Trinajstić information content (AvgIpc) is 2.71. The molecule has 0 saturated carbocycles. The van der Waals surface area contributed by atoms with Gasteiger partial charge in [-0.15, -0.1) is 0 Å². The molecular weight excluding hydrogens is 360 g/mol. The molecule has 0 aromatic heterocycles. The van der Waals surface area contributed by atoms with Crippen molar-refractivity contribution in [2.45, 2.75) is 25.7 Å². The van der Waals surface area contributed by atoms with Gasteiger partial charge in [0.25, 0.3) is 11.6 Å². The van der Waals surface area contributed by atoms with Gasteiger partial charge in [0.05, 0.1) is 11.1 Å². The SMILES string of the molecule is O=C(CCCCCNC(=O)c1ccccc1)NN=Cc1cccc([N+](=O)[O-])c1. The molecule has 0 unspecified atom stereocenters. The molecule has 0 aliphatic rings. The van der Waals surface area contributed by atoms with Crippen LogP contribution in [0.5, 0.6) is 0 Å². The lowest BCUT2D eigenvalue weighted by molar-refractivity contribution is -0.384. The van der Waals surface area contributed by atoms with Gasteiger partial charge < -0.3 is 5.32 Å². The first-order valence-electron chi connectivity index (χ1n) is 8.96. The predicted molar refractivity (Wildman–Crippen MR) is 106 cm³/mol. The summed E-state index contributed by atoms with van der Waals surface area (Å²) in [5, 5.41) is 17.4. The minimum atomic E-state index is -0.488. The molecule has 2 aromatic rings. The maximum Gasteiger partial charge on any atom is 0.270 e. The minimum absolute atomic E-state index is 0.0327. The van der Waals surface area contributed by atoms with Gasteiger partial charge in [0.15, 0.2) is 0 Å². The molecule has 0 aliphatic carbocycles. The number of amides is 2. The molecule has 146 valence electrons. The van der Waals surface area contributed by atoms with Gasteiger partial charge in [-0.05, 0) is 25.0 Å². The molecule has 2 amide bonds. The third-order valence-corrected chi connectivity index (χ3v) is 3.89. The quantitative estimate of drug-likeness (QED) is 0.284. The van der Waals surface area contributed by atoms with Crippen LogP contribution in [0.2, 0.25) is 0 Å². The number of nitrogens with one attached hydrogen (secondary N) is 2. The Hall–Kier alpha value is -3.55. The highest BCUT2D eigenvalue weighted by molar-refractivity contribution is 5.94. The Morgan fingerprint density at radius 1 is 1.04 bits per heavy atom. The van der Waals surface area contributed by atoms with E-state index in [4.69, 9.17) is 0 Å². The van der Waals surface area contributed by atoms with Crippen molar-refractivity contribution in [3.05, 3.63) is 75.8 Å². The summed E-state index contributed by atoms with van der Waals surface area (Å²) < 4.78 is 0. The fourth-order valence-electron chi connectivity index (χ4n) is 2.43. The number of hydrogen-bond donors (Lipinski definition) is 2. The van der Waals surface area contributed by atoms with Crippen molar-refractivity contribution < 1.29 is 14.5 Å². The summed E-state index contributed by atoms with van der Waals surface area (Å²) in [4.78, 5) is 33.8. The van der Waals surface area contributed by atoms with E-state index in [9.17, 15) is 19.7 Å². The summed E-state index contributed by atoms with van der Waals surface area (Å²) in [6.07, 6.45) is 3.95. The van der Waals surface area contributed by atoms with Gasteiger partial charge in [-0.25, -0.2) is 5.43 Å². The van der Waals surface area contributed by atoms with Crippen LogP contribution in [-0.4, -0.2) is 29.5 Å². The maximum absolute atomic E-state index is 11.9. The number of unbranched alkanes of at least 4 members (excludes halogenated alkanes) is 2. The van der Waals surface area contributed by atoms with Crippen LogP contribution in [0.4, 0.5) is 5.69 Å². The van der Waals surface area contributed by atoms with Gasteiger partial charge in [-0.2, -0.15) is 5.10 Å². The Bertz CT molecular complexity index is 837. The molecule has 0 saturated heterocycles. The van der Waals surface area contributed by atoms with E-state index in [1.165, 1.54) is 18.3 Å². The Morgan fingerprint density at radius 3 is 2.57 bits per heavy atom. The molecule has 0 bridgehead atoms. The van der Waals surface area contributed by atoms with Crippen LogP contribution >= 0.6 is 0 Å². The van der Waals surface area contributed by atoms with Crippen LogP contribution in [0, 0.1) is 10.1 Å². The molecular formula is C20H22N4O4. The predicted octanol–water partition coefficient (Wildman–Crippen LogP) is 3.04. The van der Waals surface area contributed by atoms with E-state index in [1.54, 1.807) is 24.3 Å². The Labute approximate surface area is 162 Å². The summed E-state index contributed by atoms with van der Waals surface area (Å²) in [7, 11) is 0. The van der Waals surface area contributed by atoms with Crippen LogP contribution in [-0.2, 0) is 4.79 Å². The zero-order chi connectivity index (χ0) is 20.2. The molecule has 0 atom stereocenters. The van der Waals surface area contributed by atoms with Crippen LogP contribution in [0.15, 0.2) is 59.7 Å². The van der Waals surface area contributed by atoms with Gasteiger partial charge in [0.1, 0.15) is 0 Å². The molecule has 2 rings (SSSR count). The number of hydrogen-bond acceptors (Lipinski definition) is 5. The van der Waals surface area contributed by atoms with Crippen molar-refractivity contribution >= 4 is 23.7 Å². The lowest BCUT2D eigenvalue weighted by atomic mass is 10.2. The second-order valence-electron chi connectivity index (χ2n) is 6.08. The first-order valence-corrected chi connectivity index (χ1v) is 8.96. The number of carbonyl (C=O) groups excluding carboxylic acids is 2. The lowest BCUT2D eigenvalue weighted by Gasteiger charge is -2.05. The Balaban J connectivity index is 1.58. The fourth-order valence-corrected chi connectivity index (χ4v) is 2.43. The second-order valence-corrected chi connectivity index (χ2v) is 6.08. The van der Waals surface area contributed by atoms with E-state index in [0.29, 0.717) is 30.5 Å². The van der Waals surface area contributed by atoms with Gasteiger partial charge in [0.2, 0.25) is 5.91 Å². The molecule has 2 aromatic carbocycles. The highest BCUT2D eigenvalue weighted by atomic mass is 16.6. The summed E-state index contributed by atoms with van der Waals surface area (Å²) in [6, 6.07) is 15.0. The molecule has 0 aliphatic heterocycles. The van der Waals surface area contributed by atoms with E-state index in [2.05, 4.69) is 15.8 Å². The summed E-state index contributed by atoms with van der Waals surface area (Å²) in [5.41, 5.74) is 3.53. The van der Waals surface area contributed by atoms with Crippen molar-refractivity contribution in [2.75, 3.05) is 6.54 Å². The maximum atomic E-state index is 11.9. The van der Waals surface area contributed by atoms with E-state index < -0.39 is 4.92 Å². The Morgan fingerprint density at radius 2 is 1.82 bits per heavy atom. The number of hydrazone groups is 1. The van der Waals surface area contributed by atoms with Crippen molar-refractivity contribution in [2.24, 2.45) is 5.10 Å². The van der Waals surface area contributed by atoms with E-state index in [1.807, 2.05) is 18.2 Å². The highest BCUT2D eigenvalue weighted by Crippen LogP contribution is 2.11. The van der Waals surface area contributed by atoms with E-state index in [0.717, 1.165) is 12.8 Å². The average molecular weight is 382 g/mol. The lowest BCUT2D eigenvalue weighted by Crippen LogP contribution is -2.24. The number of rotatable bonds is 10. The third kappa shape index (κ3) is 7.36. The van der Waals surface area contributed by atoms with Gasteiger partial charge in [-0.1, -0.05) is 36.8 Å². The fraction of sp³-hybridized carbons (Fsp3) is 0.250. The highest BCUT2D eigenvalue weighted by Gasteiger charge is 2.05. The molecule has 8 nitrogen and oxygen atoms in total. The number of benzene rings is 2. The van der Waals surface area contributed by atoms with Crippen molar-refractivity contribution in [3.63, 3.8) is 0 Å². The molecule has 28 heavy (non-hydrogen) atoms. The third-order valence-electron chi connectivity index (χ3n) is 3.89. The molecule has 0 spiro atoms. The Kier molecular flexibility index (Phi) is 8.32. The number of non-ortho nitro benzene ring substituents is 1. The number of carbonyl (C=O) groups is 2. The summed E-state index contributed by atoms with van der Waals surface area (Å²) in [6.45, 7) is 0.556. The first kappa shape index (κ1) is 20.8. The second kappa shape index (κ2) is 11.2. The van der Waals surface area contributed by atoms with Crippen LogP contribution in [0.3, 0.4) is 0 Å². The van der Waals surface area contributed by atoms with E-state index in [-0.39, 0.29) is 17.5 Å². The number of nitro benzene ring substituents is 1. The molecule has 8 heteroatoms. The van der Waals surface area contributed by atoms with Crippen LogP contribution in [0.25, 0.3) is 0 Å². The van der Waals surface area contributed by atoms with Crippen molar-refractivity contribution in [1.82, 2.24) is 10.7 Å². The summed E-state index contributed by atoms with van der Waals surface area (Å²) in [5.74, 6) is -0.330. The molecule has 2 N–H and O–H groups in total.